The van der Waals surface area contributed by atoms with Gasteiger partial charge in [0.2, 0.25) is 0 Å². The molecule has 3 rings (SSSR count). The Bertz CT molecular complexity index is 1500. The quantitative estimate of drug-likeness (QED) is 0.132. The second-order valence-electron chi connectivity index (χ2n) is 12.0. The maximum Gasteiger partial charge on any atom is 0.303 e. The zero-order chi connectivity index (χ0) is 41.7. The van der Waals surface area contributed by atoms with Crippen molar-refractivity contribution < 1.29 is 85.7 Å². The molecule has 0 radical (unpaired) electrons. The predicted molar refractivity (Wildman–Crippen MR) is 197 cm³/mol. The first kappa shape index (κ1) is 46.7. The summed E-state index contributed by atoms with van der Waals surface area (Å²) in [5, 5.41) is 0. The molecule has 1 aromatic rings. The molecule has 0 aromatic heterocycles. The molecular formula is C34H42O18S4. The van der Waals surface area contributed by atoms with Gasteiger partial charge in [0, 0.05) is 65.2 Å². The molecule has 0 unspecified atom stereocenters. The maximum absolute atomic E-state index is 12.2. The topological polar surface area (TPSA) is 229 Å². The number of carbonyl (C=O) groups is 8. The van der Waals surface area contributed by atoms with E-state index in [2.05, 4.69) is 0 Å². The van der Waals surface area contributed by atoms with Gasteiger partial charge < -0.3 is 47.4 Å². The fraction of sp³-hybridized carbons (Fsp3) is 0.588. The van der Waals surface area contributed by atoms with Crippen molar-refractivity contribution in [2.75, 3.05) is 13.2 Å². The van der Waals surface area contributed by atoms with Gasteiger partial charge in [0.05, 0.1) is 0 Å². The molecule has 2 aliphatic rings. The molecule has 10 atom stereocenters. The summed E-state index contributed by atoms with van der Waals surface area (Å²) < 4.78 is 55.6. The van der Waals surface area contributed by atoms with Gasteiger partial charge in [0.1, 0.15) is 25.4 Å². The van der Waals surface area contributed by atoms with E-state index in [1.54, 1.807) is 24.3 Å². The molecule has 18 nitrogen and oxygen atoms in total. The van der Waals surface area contributed by atoms with Crippen LogP contribution in [0.2, 0.25) is 0 Å². The molecule has 56 heavy (non-hydrogen) atoms. The standard InChI is InChI=1S/C34H42O18S4/c1-15(35)43-13-25-27(45-17(3)37)29(47-19(5)39)31(49-21(7)41)33(51-25)55-53-23-10-9-11-24(12-23)54-56-34-32(50-22(8)42)30(48-20(6)40)28(46-18(4)38)26(52-34)14-44-16(2)36/h9-12,25-34H,13-14H2,1-8H3/t25-,26-,27-,28-,29+,30+,31-,32-,33+,34+/m1/s1. The van der Waals surface area contributed by atoms with Crippen LogP contribution in [0.1, 0.15) is 55.4 Å². The lowest BCUT2D eigenvalue weighted by Crippen LogP contribution is -2.61. The van der Waals surface area contributed by atoms with Gasteiger partial charge in [-0.05, 0) is 18.2 Å². The van der Waals surface area contributed by atoms with Crippen molar-refractivity contribution in [2.24, 2.45) is 0 Å². The highest BCUT2D eigenvalue weighted by Gasteiger charge is 2.54. The fourth-order valence-electron chi connectivity index (χ4n) is 5.32. The highest BCUT2D eigenvalue weighted by atomic mass is 33.1. The van der Waals surface area contributed by atoms with Crippen LogP contribution in [0, 0.1) is 0 Å². The molecule has 0 spiro atoms. The van der Waals surface area contributed by atoms with Gasteiger partial charge in [-0.1, -0.05) is 49.2 Å². The molecule has 22 heteroatoms. The van der Waals surface area contributed by atoms with Gasteiger partial charge in [-0.25, -0.2) is 0 Å². The zero-order valence-corrected chi connectivity index (χ0v) is 34.7. The van der Waals surface area contributed by atoms with Crippen molar-refractivity contribution in [1.29, 1.82) is 0 Å². The number of esters is 8. The Hall–Kier alpha value is -3.70. The Balaban J connectivity index is 1.87. The van der Waals surface area contributed by atoms with Crippen LogP contribution < -0.4 is 0 Å². The van der Waals surface area contributed by atoms with E-state index < -0.39 is 107 Å². The van der Waals surface area contributed by atoms with E-state index in [-0.39, 0.29) is 13.2 Å². The Labute approximate surface area is 337 Å². The van der Waals surface area contributed by atoms with Crippen LogP contribution in [0.3, 0.4) is 0 Å². The van der Waals surface area contributed by atoms with Crippen LogP contribution in [0.15, 0.2) is 34.1 Å². The van der Waals surface area contributed by atoms with E-state index in [4.69, 9.17) is 47.4 Å². The highest BCUT2D eigenvalue weighted by molar-refractivity contribution is 8.77. The molecule has 0 bridgehead atoms. The van der Waals surface area contributed by atoms with Gasteiger partial charge >= 0.3 is 47.8 Å². The predicted octanol–water partition coefficient (Wildman–Crippen LogP) is 3.33. The Morgan fingerprint density at radius 1 is 0.464 bits per heavy atom. The van der Waals surface area contributed by atoms with Crippen molar-refractivity contribution in [3.8, 4) is 0 Å². The van der Waals surface area contributed by atoms with Crippen LogP contribution in [-0.4, -0.2) is 121 Å². The summed E-state index contributed by atoms with van der Waals surface area (Å²) >= 11 is 0. The van der Waals surface area contributed by atoms with Crippen LogP contribution in [0.5, 0.6) is 0 Å². The minimum Gasteiger partial charge on any atom is -0.463 e. The van der Waals surface area contributed by atoms with Crippen molar-refractivity contribution in [3.63, 3.8) is 0 Å². The summed E-state index contributed by atoms with van der Waals surface area (Å²) in [5.74, 6) is -5.76. The summed E-state index contributed by atoms with van der Waals surface area (Å²) in [6, 6.07) is 7.07. The van der Waals surface area contributed by atoms with Crippen molar-refractivity contribution in [2.45, 2.75) is 125 Å². The summed E-state index contributed by atoms with van der Waals surface area (Å²) in [4.78, 5) is 97.6. The van der Waals surface area contributed by atoms with Crippen LogP contribution in [0.4, 0.5) is 0 Å². The Morgan fingerprint density at radius 2 is 0.768 bits per heavy atom. The number of carbonyl (C=O) groups excluding carboxylic acids is 8. The van der Waals surface area contributed by atoms with E-state index in [9.17, 15) is 38.4 Å². The lowest BCUT2D eigenvalue weighted by Gasteiger charge is -2.44. The molecule has 2 fully saturated rings. The Morgan fingerprint density at radius 3 is 1.07 bits per heavy atom. The molecule has 2 heterocycles. The van der Waals surface area contributed by atoms with E-state index >= 15 is 0 Å². The molecule has 0 aliphatic carbocycles. The third-order valence-corrected chi connectivity index (χ3v) is 12.3. The molecule has 1 aromatic carbocycles. The molecule has 2 saturated heterocycles. The average Bonchev–Trinajstić information content (AvgIpc) is 3.08. The number of ether oxygens (including phenoxy) is 10. The minimum absolute atomic E-state index is 0.373. The summed E-state index contributed by atoms with van der Waals surface area (Å²) in [5.41, 5.74) is -2.08. The first-order valence-electron chi connectivity index (χ1n) is 16.7. The number of hydrogen-bond donors (Lipinski definition) is 0. The monoisotopic (exact) mass is 866 g/mol. The van der Waals surface area contributed by atoms with Gasteiger partial charge in [0.25, 0.3) is 0 Å². The van der Waals surface area contributed by atoms with E-state index in [0.717, 1.165) is 63.1 Å². The van der Waals surface area contributed by atoms with E-state index in [1.807, 2.05) is 0 Å². The van der Waals surface area contributed by atoms with E-state index in [0.29, 0.717) is 9.79 Å². The second kappa shape index (κ2) is 22.3. The van der Waals surface area contributed by atoms with E-state index in [1.165, 1.54) is 35.4 Å². The lowest BCUT2D eigenvalue weighted by atomic mass is 9.99. The Kier molecular flexibility index (Phi) is 18.6. The van der Waals surface area contributed by atoms with Gasteiger partial charge in [-0.3, -0.25) is 38.4 Å². The third-order valence-electron chi connectivity index (χ3n) is 7.18. The van der Waals surface area contributed by atoms with Crippen LogP contribution in [-0.2, 0) is 85.7 Å². The first-order valence-corrected chi connectivity index (χ1v) is 21.1. The summed E-state index contributed by atoms with van der Waals surface area (Å²) in [7, 11) is 4.56. The first-order chi connectivity index (χ1) is 26.3. The number of rotatable bonds is 16. The SMILES string of the molecule is CC(=O)OC[C@H]1O[C@@H](SSc2cccc(SS[C@@H]3O[C@H](COC(C)=O)[C@@H](OC(C)=O)[C@H](OC(C)=O)[C@H]3OC(C)=O)c2)[C@H](OC(C)=O)[C@@H](OC(C)=O)[C@@H]1OC(C)=O. The largest absolute Gasteiger partial charge is 0.463 e. The van der Waals surface area contributed by atoms with Crippen molar-refractivity contribution in [3.05, 3.63) is 24.3 Å². The molecule has 0 N–H and O–H groups in total. The van der Waals surface area contributed by atoms with Gasteiger partial charge in [-0.2, -0.15) is 0 Å². The molecule has 0 saturated carbocycles. The number of hydrogen-bond acceptors (Lipinski definition) is 22. The van der Waals surface area contributed by atoms with Crippen LogP contribution >= 0.6 is 43.2 Å². The van der Waals surface area contributed by atoms with Crippen molar-refractivity contribution >= 4 is 90.9 Å². The van der Waals surface area contributed by atoms with Gasteiger partial charge in [-0.15, -0.1) is 0 Å². The minimum atomic E-state index is -1.33. The van der Waals surface area contributed by atoms with Crippen molar-refractivity contribution in [1.82, 2.24) is 0 Å². The van der Waals surface area contributed by atoms with Crippen LogP contribution in [0.25, 0.3) is 0 Å². The average molecular weight is 867 g/mol. The smallest absolute Gasteiger partial charge is 0.303 e. The molecule has 0 amide bonds. The molecule has 310 valence electrons. The highest BCUT2D eigenvalue weighted by Crippen LogP contribution is 2.46. The zero-order valence-electron chi connectivity index (χ0n) is 31.5. The summed E-state index contributed by atoms with van der Waals surface area (Å²) in [6.07, 6.45) is -10.00. The summed E-state index contributed by atoms with van der Waals surface area (Å²) in [6.45, 7) is 8.43. The second-order valence-corrected chi connectivity index (χ2v) is 16.7. The fourth-order valence-corrected chi connectivity index (χ4v) is 10.2. The molecular weight excluding hydrogens is 825 g/mol. The normalized spacial score (nSPS) is 27.1. The molecule has 2 aliphatic heterocycles. The lowest BCUT2D eigenvalue weighted by molar-refractivity contribution is -0.237. The third kappa shape index (κ3) is 15.0. The number of benzene rings is 1. The maximum atomic E-state index is 12.2. The van der Waals surface area contributed by atoms with Gasteiger partial charge in [0.15, 0.2) is 47.5 Å².